The van der Waals surface area contributed by atoms with E-state index in [2.05, 4.69) is 5.10 Å². The minimum absolute atomic E-state index is 0.121. The van der Waals surface area contributed by atoms with Crippen LogP contribution in [0.5, 0.6) is 5.75 Å². The van der Waals surface area contributed by atoms with Crippen LogP contribution in [0.4, 0.5) is 0 Å². The van der Waals surface area contributed by atoms with Gasteiger partial charge in [-0.3, -0.25) is 4.79 Å². The molecule has 21 heavy (non-hydrogen) atoms. The molecule has 2 N–H and O–H groups in total. The summed E-state index contributed by atoms with van der Waals surface area (Å²) < 4.78 is 6.86. The van der Waals surface area contributed by atoms with Gasteiger partial charge in [-0.1, -0.05) is 26.0 Å². The van der Waals surface area contributed by atoms with Crippen molar-refractivity contribution in [1.29, 1.82) is 0 Å². The summed E-state index contributed by atoms with van der Waals surface area (Å²) in [5.41, 5.74) is 7.69. The first-order valence-electron chi connectivity index (χ1n) is 7.01. The summed E-state index contributed by atoms with van der Waals surface area (Å²) in [5, 5.41) is 4.47. The molecule has 0 fully saturated rings. The van der Waals surface area contributed by atoms with Gasteiger partial charge in [0.25, 0.3) is 5.56 Å². The normalized spacial score (nSPS) is 10.9. The number of nitrogens with two attached hydrogens (primary N) is 1. The maximum absolute atomic E-state index is 12.3. The molecule has 5 heteroatoms. The number of rotatable bonds is 5. The van der Waals surface area contributed by atoms with Crippen molar-refractivity contribution in [2.24, 2.45) is 11.7 Å². The standard InChI is InChI=1S/C16H21N3O2/c1-11(2)10-19-16(20)12(9-17)8-14(18-19)13-6-4-5-7-15(13)21-3/h4-8,11H,9-10,17H2,1-3H3. The third-order valence-electron chi connectivity index (χ3n) is 3.19. The topological polar surface area (TPSA) is 70.1 Å². The van der Waals surface area contributed by atoms with Crippen LogP contribution >= 0.6 is 0 Å². The maximum atomic E-state index is 12.3. The number of aromatic nitrogens is 2. The number of para-hydroxylation sites is 1. The lowest BCUT2D eigenvalue weighted by molar-refractivity contribution is 0.415. The molecule has 1 aromatic carbocycles. The average molecular weight is 287 g/mol. The van der Waals surface area contributed by atoms with E-state index in [-0.39, 0.29) is 12.1 Å². The highest BCUT2D eigenvalue weighted by Crippen LogP contribution is 2.27. The molecule has 0 atom stereocenters. The fourth-order valence-electron chi connectivity index (χ4n) is 2.20. The summed E-state index contributed by atoms with van der Waals surface area (Å²) in [6.07, 6.45) is 0. The summed E-state index contributed by atoms with van der Waals surface area (Å²) in [7, 11) is 1.62. The number of ether oxygens (including phenoxy) is 1. The summed E-state index contributed by atoms with van der Waals surface area (Å²) in [6.45, 7) is 4.86. The lowest BCUT2D eigenvalue weighted by atomic mass is 10.1. The zero-order valence-corrected chi connectivity index (χ0v) is 12.7. The quantitative estimate of drug-likeness (QED) is 0.913. The first-order valence-corrected chi connectivity index (χ1v) is 7.01. The molecule has 0 aliphatic rings. The van der Waals surface area contributed by atoms with Crippen molar-refractivity contribution in [2.45, 2.75) is 26.9 Å². The number of hydrogen-bond donors (Lipinski definition) is 1. The number of benzene rings is 1. The largest absolute Gasteiger partial charge is 0.496 e. The van der Waals surface area contributed by atoms with E-state index in [1.165, 1.54) is 4.68 Å². The molecule has 0 radical (unpaired) electrons. The van der Waals surface area contributed by atoms with Gasteiger partial charge in [0.2, 0.25) is 0 Å². The molecule has 0 saturated heterocycles. The van der Waals surface area contributed by atoms with Crippen molar-refractivity contribution in [3.63, 3.8) is 0 Å². The van der Waals surface area contributed by atoms with Crippen LogP contribution in [0.2, 0.25) is 0 Å². The van der Waals surface area contributed by atoms with Gasteiger partial charge in [0.05, 0.1) is 12.8 Å². The molecule has 0 bridgehead atoms. The van der Waals surface area contributed by atoms with Crippen molar-refractivity contribution in [3.05, 3.63) is 46.2 Å². The van der Waals surface area contributed by atoms with Crippen LogP contribution < -0.4 is 16.0 Å². The second kappa shape index (κ2) is 6.54. The van der Waals surface area contributed by atoms with Gasteiger partial charge in [-0.25, -0.2) is 4.68 Å². The maximum Gasteiger partial charge on any atom is 0.271 e. The molecule has 2 rings (SSSR count). The Morgan fingerprint density at radius 1 is 1.33 bits per heavy atom. The zero-order valence-electron chi connectivity index (χ0n) is 12.7. The fourth-order valence-corrected chi connectivity index (χ4v) is 2.20. The lowest BCUT2D eigenvalue weighted by Crippen LogP contribution is -2.29. The molecule has 112 valence electrons. The van der Waals surface area contributed by atoms with Crippen LogP contribution in [0.1, 0.15) is 19.4 Å². The first-order chi connectivity index (χ1) is 10.1. The molecule has 0 saturated carbocycles. The number of methoxy groups -OCH3 is 1. The molecule has 0 aliphatic heterocycles. The van der Waals surface area contributed by atoms with Crippen LogP contribution in [0, 0.1) is 5.92 Å². The Balaban J connectivity index is 2.61. The molecule has 1 aromatic heterocycles. The van der Waals surface area contributed by atoms with Crippen LogP contribution in [-0.4, -0.2) is 16.9 Å². The van der Waals surface area contributed by atoms with Gasteiger partial charge in [0, 0.05) is 24.2 Å². The van der Waals surface area contributed by atoms with E-state index in [4.69, 9.17) is 10.5 Å². The Morgan fingerprint density at radius 2 is 2.05 bits per heavy atom. The van der Waals surface area contributed by atoms with Crippen molar-refractivity contribution >= 4 is 0 Å². The Hall–Kier alpha value is -2.14. The Labute approximate surface area is 124 Å². The summed E-state index contributed by atoms with van der Waals surface area (Å²) in [5.74, 6) is 1.05. The van der Waals surface area contributed by atoms with E-state index >= 15 is 0 Å². The van der Waals surface area contributed by atoms with Crippen molar-refractivity contribution in [3.8, 4) is 17.0 Å². The Kier molecular flexibility index (Phi) is 4.75. The minimum Gasteiger partial charge on any atom is -0.496 e. The van der Waals surface area contributed by atoms with Gasteiger partial charge in [-0.05, 0) is 24.1 Å². The smallest absolute Gasteiger partial charge is 0.271 e. The molecule has 0 unspecified atom stereocenters. The molecular formula is C16H21N3O2. The molecule has 0 amide bonds. The number of hydrogen-bond acceptors (Lipinski definition) is 4. The van der Waals surface area contributed by atoms with E-state index < -0.39 is 0 Å². The van der Waals surface area contributed by atoms with Crippen molar-refractivity contribution < 1.29 is 4.74 Å². The van der Waals surface area contributed by atoms with E-state index in [0.29, 0.717) is 23.7 Å². The van der Waals surface area contributed by atoms with Gasteiger partial charge < -0.3 is 10.5 Å². The molecule has 1 heterocycles. The van der Waals surface area contributed by atoms with E-state index in [9.17, 15) is 4.79 Å². The fraction of sp³-hybridized carbons (Fsp3) is 0.375. The highest BCUT2D eigenvalue weighted by molar-refractivity contribution is 5.67. The third kappa shape index (κ3) is 3.31. The first kappa shape index (κ1) is 15.3. The summed E-state index contributed by atoms with van der Waals surface area (Å²) >= 11 is 0. The Morgan fingerprint density at radius 3 is 2.67 bits per heavy atom. The van der Waals surface area contributed by atoms with Gasteiger partial charge in [-0.2, -0.15) is 5.10 Å². The Bertz CT molecular complexity index is 677. The SMILES string of the molecule is COc1ccccc1-c1cc(CN)c(=O)n(CC(C)C)n1. The predicted octanol–water partition coefficient (Wildman–Crippen LogP) is 2.03. The summed E-state index contributed by atoms with van der Waals surface area (Å²) in [6, 6.07) is 9.36. The van der Waals surface area contributed by atoms with Crippen molar-refractivity contribution in [1.82, 2.24) is 9.78 Å². The highest BCUT2D eigenvalue weighted by Gasteiger charge is 2.12. The van der Waals surface area contributed by atoms with Crippen LogP contribution in [0.3, 0.4) is 0 Å². The lowest BCUT2D eigenvalue weighted by Gasteiger charge is -2.13. The van der Waals surface area contributed by atoms with Crippen LogP contribution in [0.15, 0.2) is 35.1 Å². The minimum atomic E-state index is -0.121. The van der Waals surface area contributed by atoms with Crippen LogP contribution in [0.25, 0.3) is 11.3 Å². The molecule has 5 nitrogen and oxygen atoms in total. The summed E-state index contributed by atoms with van der Waals surface area (Å²) in [4.78, 5) is 12.3. The molecule has 2 aromatic rings. The predicted molar refractivity (Wildman–Crippen MR) is 83.2 cm³/mol. The average Bonchev–Trinajstić information content (AvgIpc) is 2.48. The van der Waals surface area contributed by atoms with E-state index in [1.54, 1.807) is 13.2 Å². The van der Waals surface area contributed by atoms with Gasteiger partial charge in [0.1, 0.15) is 5.75 Å². The molecule has 0 spiro atoms. The van der Waals surface area contributed by atoms with Gasteiger partial charge >= 0.3 is 0 Å². The second-order valence-corrected chi connectivity index (χ2v) is 5.34. The molecule has 0 aliphatic carbocycles. The van der Waals surface area contributed by atoms with Crippen molar-refractivity contribution in [2.75, 3.05) is 7.11 Å². The molecular weight excluding hydrogens is 266 g/mol. The number of nitrogens with zero attached hydrogens (tertiary/aromatic N) is 2. The van der Waals surface area contributed by atoms with E-state index in [1.807, 2.05) is 38.1 Å². The van der Waals surface area contributed by atoms with Gasteiger partial charge in [-0.15, -0.1) is 0 Å². The highest BCUT2D eigenvalue weighted by atomic mass is 16.5. The van der Waals surface area contributed by atoms with Crippen LogP contribution in [-0.2, 0) is 13.1 Å². The van der Waals surface area contributed by atoms with Gasteiger partial charge in [0.15, 0.2) is 0 Å². The third-order valence-corrected chi connectivity index (χ3v) is 3.19. The second-order valence-electron chi connectivity index (χ2n) is 5.34. The monoisotopic (exact) mass is 287 g/mol. The zero-order chi connectivity index (χ0) is 15.4. The van der Waals surface area contributed by atoms with E-state index in [0.717, 1.165) is 11.3 Å².